The molecule has 3 rings (SSSR count). The number of hydrogen-bond donors (Lipinski definition) is 0. The first-order valence-electron chi connectivity index (χ1n) is 9.00. The Morgan fingerprint density at radius 2 is 1.78 bits per heavy atom. The number of benzene rings is 2. The zero-order valence-corrected chi connectivity index (χ0v) is 16.8. The molecule has 0 radical (unpaired) electrons. The quantitative estimate of drug-likeness (QED) is 0.601. The second kappa shape index (κ2) is 7.56. The number of anilines is 1. The van der Waals surface area contributed by atoms with Gasteiger partial charge in [-0.15, -0.1) is 0 Å². The molecule has 0 aliphatic carbocycles. The summed E-state index contributed by atoms with van der Waals surface area (Å²) in [4.78, 5) is 0.301. The standard InChI is InChI=1S/C21H24N2O3S/c1-5-23(18-9-7-6-8-10-18)27(24,25)21-14-17(11-12-19(21)15(2)3)20-13-16(4)22-26-20/h6-15H,5H2,1-4H3. The Labute approximate surface area is 160 Å². The van der Waals surface area contributed by atoms with Crippen LogP contribution < -0.4 is 4.31 Å². The molecule has 0 atom stereocenters. The maximum atomic E-state index is 13.6. The maximum absolute atomic E-state index is 13.6. The number of sulfonamides is 1. The molecule has 0 fully saturated rings. The predicted molar refractivity (Wildman–Crippen MR) is 107 cm³/mol. The summed E-state index contributed by atoms with van der Waals surface area (Å²) in [6.45, 7) is 8.00. The van der Waals surface area contributed by atoms with E-state index in [1.54, 1.807) is 24.3 Å². The van der Waals surface area contributed by atoms with Crippen LogP contribution in [0.15, 0.2) is 64.0 Å². The smallest absolute Gasteiger partial charge is 0.264 e. The lowest BCUT2D eigenvalue weighted by molar-refractivity contribution is 0.427. The number of nitrogens with zero attached hydrogens (tertiary/aromatic N) is 2. The summed E-state index contributed by atoms with van der Waals surface area (Å²) in [6, 6.07) is 16.4. The summed E-state index contributed by atoms with van der Waals surface area (Å²) in [6.07, 6.45) is 0. The Balaban J connectivity index is 2.17. The molecule has 2 aromatic carbocycles. The molecule has 0 amide bonds. The first kappa shape index (κ1) is 19.2. The molecule has 1 aromatic heterocycles. The number of aryl methyl sites for hydroxylation is 1. The summed E-state index contributed by atoms with van der Waals surface area (Å²) in [5.74, 6) is 0.622. The molecule has 6 heteroatoms. The fraction of sp³-hybridized carbons (Fsp3) is 0.286. The molecule has 5 nitrogen and oxygen atoms in total. The summed E-state index contributed by atoms with van der Waals surface area (Å²) in [7, 11) is -3.73. The maximum Gasteiger partial charge on any atom is 0.264 e. The first-order valence-corrected chi connectivity index (χ1v) is 10.4. The molecule has 3 aromatic rings. The van der Waals surface area contributed by atoms with Gasteiger partial charge in [-0.2, -0.15) is 0 Å². The summed E-state index contributed by atoms with van der Waals surface area (Å²) in [5.41, 5.74) is 2.88. The molecule has 0 N–H and O–H groups in total. The molecule has 0 aliphatic heterocycles. The van der Waals surface area contributed by atoms with Crippen LogP contribution in [0.1, 0.15) is 37.9 Å². The minimum absolute atomic E-state index is 0.0646. The van der Waals surface area contributed by atoms with Crippen LogP contribution in [-0.4, -0.2) is 20.1 Å². The van der Waals surface area contributed by atoms with Gasteiger partial charge in [0.1, 0.15) is 0 Å². The van der Waals surface area contributed by atoms with Crippen molar-refractivity contribution in [3.8, 4) is 11.3 Å². The van der Waals surface area contributed by atoms with Crippen molar-refractivity contribution in [3.05, 3.63) is 65.9 Å². The van der Waals surface area contributed by atoms with Crippen molar-refractivity contribution >= 4 is 15.7 Å². The van der Waals surface area contributed by atoms with Crippen molar-refractivity contribution in [2.45, 2.75) is 38.5 Å². The van der Waals surface area contributed by atoms with Crippen LogP contribution in [-0.2, 0) is 10.0 Å². The third-order valence-corrected chi connectivity index (χ3v) is 6.41. The van der Waals surface area contributed by atoms with E-state index in [0.29, 0.717) is 28.5 Å². The fourth-order valence-electron chi connectivity index (χ4n) is 3.09. The van der Waals surface area contributed by atoms with Gasteiger partial charge in [0.05, 0.1) is 16.3 Å². The normalized spacial score (nSPS) is 11.7. The van der Waals surface area contributed by atoms with Gasteiger partial charge < -0.3 is 4.52 Å². The Kier molecular flexibility index (Phi) is 5.37. The minimum Gasteiger partial charge on any atom is -0.356 e. The lowest BCUT2D eigenvalue weighted by Gasteiger charge is -2.25. The van der Waals surface area contributed by atoms with Gasteiger partial charge in [0.25, 0.3) is 10.0 Å². The molecule has 27 heavy (non-hydrogen) atoms. The highest BCUT2D eigenvalue weighted by Gasteiger charge is 2.28. The number of aromatic nitrogens is 1. The molecule has 0 bridgehead atoms. The summed E-state index contributed by atoms with van der Waals surface area (Å²) in [5, 5.41) is 3.91. The van der Waals surface area contributed by atoms with Crippen LogP contribution in [0.2, 0.25) is 0 Å². The third-order valence-electron chi connectivity index (χ3n) is 4.45. The van der Waals surface area contributed by atoms with Crippen LogP contribution >= 0.6 is 0 Å². The van der Waals surface area contributed by atoms with Gasteiger partial charge in [0.2, 0.25) is 0 Å². The number of rotatable bonds is 6. The highest BCUT2D eigenvalue weighted by molar-refractivity contribution is 7.92. The molecule has 0 spiro atoms. The van der Waals surface area contributed by atoms with Crippen molar-refractivity contribution in [1.29, 1.82) is 0 Å². The summed E-state index contributed by atoms with van der Waals surface area (Å²) >= 11 is 0. The zero-order chi connectivity index (χ0) is 19.6. The zero-order valence-electron chi connectivity index (χ0n) is 16.0. The number of para-hydroxylation sites is 1. The molecule has 0 aliphatic rings. The molecule has 0 saturated carbocycles. The molecular weight excluding hydrogens is 360 g/mol. The van der Waals surface area contributed by atoms with Gasteiger partial charge in [0.15, 0.2) is 5.76 Å². The average Bonchev–Trinajstić information content (AvgIpc) is 3.09. The van der Waals surface area contributed by atoms with Gasteiger partial charge in [-0.1, -0.05) is 49.3 Å². The van der Waals surface area contributed by atoms with E-state index in [9.17, 15) is 8.42 Å². The van der Waals surface area contributed by atoms with Crippen molar-refractivity contribution in [1.82, 2.24) is 5.16 Å². The highest BCUT2D eigenvalue weighted by atomic mass is 32.2. The minimum atomic E-state index is -3.73. The van der Waals surface area contributed by atoms with E-state index in [1.165, 1.54) is 4.31 Å². The van der Waals surface area contributed by atoms with Crippen LogP contribution in [0.4, 0.5) is 5.69 Å². The van der Waals surface area contributed by atoms with Crippen LogP contribution in [0.3, 0.4) is 0 Å². The van der Waals surface area contributed by atoms with E-state index in [4.69, 9.17) is 4.52 Å². The van der Waals surface area contributed by atoms with Gasteiger partial charge in [-0.05, 0) is 43.5 Å². The van der Waals surface area contributed by atoms with Crippen LogP contribution in [0, 0.1) is 6.92 Å². The monoisotopic (exact) mass is 384 g/mol. The van der Waals surface area contributed by atoms with Crippen LogP contribution in [0.5, 0.6) is 0 Å². The number of hydrogen-bond acceptors (Lipinski definition) is 4. The van der Waals surface area contributed by atoms with E-state index in [1.807, 2.05) is 58.0 Å². The lowest BCUT2D eigenvalue weighted by atomic mass is 10.0. The van der Waals surface area contributed by atoms with E-state index >= 15 is 0 Å². The van der Waals surface area contributed by atoms with Gasteiger partial charge in [-0.3, -0.25) is 4.31 Å². The molecule has 1 heterocycles. The van der Waals surface area contributed by atoms with E-state index < -0.39 is 10.0 Å². The van der Waals surface area contributed by atoms with Crippen LogP contribution in [0.25, 0.3) is 11.3 Å². The SMILES string of the molecule is CCN(c1ccccc1)S(=O)(=O)c1cc(-c2cc(C)no2)ccc1C(C)C. The van der Waals surface area contributed by atoms with Crippen molar-refractivity contribution < 1.29 is 12.9 Å². The van der Waals surface area contributed by atoms with Crippen molar-refractivity contribution in [3.63, 3.8) is 0 Å². The van der Waals surface area contributed by atoms with Gasteiger partial charge >= 0.3 is 0 Å². The average molecular weight is 385 g/mol. The van der Waals surface area contributed by atoms with E-state index in [0.717, 1.165) is 11.3 Å². The second-order valence-corrected chi connectivity index (χ2v) is 8.58. The Morgan fingerprint density at radius 3 is 2.33 bits per heavy atom. The highest BCUT2D eigenvalue weighted by Crippen LogP contribution is 2.33. The van der Waals surface area contributed by atoms with E-state index in [-0.39, 0.29) is 5.92 Å². The Morgan fingerprint density at radius 1 is 1.07 bits per heavy atom. The second-order valence-electron chi connectivity index (χ2n) is 6.75. The van der Waals surface area contributed by atoms with Crippen molar-refractivity contribution in [2.24, 2.45) is 0 Å². The first-order chi connectivity index (χ1) is 12.8. The van der Waals surface area contributed by atoms with Gasteiger partial charge in [-0.25, -0.2) is 8.42 Å². The molecule has 0 saturated heterocycles. The lowest BCUT2D eigenvalue weighted by Crippen LogP contribution is -2.31. The van der Waals surface area contributed by atoms with E-state index in [2.05, 4.69) is 5.16 Å². The molecular formula is C21H24N2O3S. The fourth-order valence-corrected chi connectivity index (χ4v) is 4.95. The summed E-state index contributed by atoms with van der Waals surface area (Å²) < 4.78 is 33.9. The Hall–Kier alpha value is -2.60. The Bertz CT molecular complexity index is 1020. The van der Waals surface area contributed by atoms with Crippen molar-refractivity contribution in [2.75, 3.05) is 10.8 Å². The third kappa shape index (κ3) is 3.76. The molecule has 142 valence electrons. The topological polar surface area (TPSA) is 63.4 Å². The largest absolute Gasteiger partial charge is 0.356 e. The molecule has 0 unspecified atom stereocenters. The predicted octanol–water partition coefficient (Wildman–Crippen LogP) is 4.99. The van der Waals surface area contributed by atoms with Gasteiger partial charge in [0, 0.05) is 18.2 Å².